The molecule has 0 saturated carbocycles. The van der Waals surface area contributed by atoms with Crippen molar-refractivity contribution in [1.29, 1.82) is 0 Å². The molecule has 0 spiro atoms. The van der Waals surface area contributed by atoms with Crippen molar-refractivity contribution in [3.8, 4) is 0 Å². The molecule has 156 valence electrons. The Kier molecular flexibility index (Phi) is 9.05. The van der Waals surface area contributed by atoms with Gasteiger partial charge in [-0.3, -0.25) is 9.59 Å². The van der Waals surface area contributed by atoms with Gasteiger partial charge in [-0.25, -0.2) is 0 Å². The number of halogens is 1. The van der Waals surface area contributed by atoms with Gasteiger partial charge in [0, 0.05) is 34.7 Å². The fourth-order valence-electron chi connectivity index (χ4n) is 2.93. The van der Waals surface area contributed by atoms with E-state index in [-0.39, 0.29) is 17.9 Å². The molecule has 0 aliphatic rings. The second-order valence-corrected chi connectivity index (χ2v) is 9.01. The van der Waals surface area contributed by atoms with Crippen LogP contribution in [0, 0.1) is 6.92 Å². The molecule has 0 aromatic heterocycles. The fraction of sp³-hybridized carbons (Fsp3) is 0.391. The molecule has 1 N–H and O–H groups in total. The van der Waals surface area contributed by atoms with Crippen LogP contribution in [0.2, 0.25) is 5.02 Å². The first-order valence-corrected chi connectivity index (χ1v) is 11.2. The highest BCUT2D eigenvalue weighted by molar-refractivity contribution is 7.99. The van der Waals surface area contributed by atoms with Gasteiger partial charge in [-0.2, -0.15) is 0 Å². The van der Waals surface area contributed by atoms with E-state index in [9.17, 15) is 9.59 Å². The van der Waals surface area contributed by atoms with Gasteiger partial charge < -0.3 is 10.2 Å². The SMILES string of the molecule is Cc1cccc(CN(C(=O)CCSc2ccc(Cl)cc2)C(C)C(=O)NC(C)C)c1. The third kappa shape index (κ3) is 7.75. The summed E-state index contributed by atoms with van der Waals surface area (Å²) in [7, 11) is 0. The number of rotatable bonds is 9. The van der Waals surface area contributed by atoms with Crippen LogP contribution in [-0.4, -0.2) is 34.6 Å². The zero-order chi connectivity index (χ0) is 21.4. The molecule has 0 fully saturated rings. The van der Waals surface area contributed by atoms with E-state index in [0.717, 1.165) is 16.0 Å². The molecule has 0 saturated heterocycles. The Morgan fingerprint density at radius 1 is 1.10 bits per heavy atom. The number of thioether (sulfide) groups is 1. The quantitative estimate of drug-likeness (QED) is 0.562. The number of carbonyl (C=O) groups is 2. The molecule has 4 nitrogen and oxygen atoms in total. The van der Waals surface area contributed by atoms with Gasteiger partial charge in [0.25, 0.3) is 0 Å². The lowest BCUT2D eigenvalue weighted by Crippen LogP contribution is -2.49. The smallest absolute Gasteiger partial charge is 0.242 e. The van der Waals surface area contributed by atoms with E-state index < -0.39 is 6.04 Å². The molecule has 1 atom stereocenters. The number of carbonyl (C=O) groups excluding carboxylic acids is 2. The number of benzene rings is 2. The highest BCUT2D eigenvalue weighted by atomic mass is 35.5. The van der Waals surface area contributed by atoms with Gasteiger partial charge in [0.05, 0.1) is 0 Å². The lowest BCUT2D eigenvalue weighted by atomic mass is 10.1. The molecule has 0 heterocycles. The molecule has 0 bridgehead atoms. The summed E-state index contributed by atoms with van der Waals surface area (Å²) in [5, 5.41) is 3.61. The Hall–Kier alpha value is -1.98. The summed E-state index contributed by atoms with van der Waals surface area (Å²) < 4.78 is 0. The molecule has 2 amide bonds. The molecule has 29 heavy (non-hydrogen) atoms. The van der Waals surface area contributed by atoms with Crippen LogP contribution >= 0.6 is 23.4 Å². The van der Waals surface area contributed by atoms with E-state index in [1.807, 2.05) is 63.2 Å². The van der Waals surface area contributed by atoms with Gasteiger partial charge >= 0.3 is 0 Å². The molecule has 2 aromatic rings. The van der Waals surface area contributed by atoms with Crippen molar-refractivity contribution < 1.29 is 9.59 Å². The second-order valence-electron chi connectivity index (χ2n) is 7.40. The maximum absolute atomic E-state index is 13.0. The number of nitrogens with one attached hydrogen (secondary N) is 1. The van der Waals surface area contributed by atoms with Crippen LogP contribution in [0.25, 0.3) is 0 Å². The first kappa shape index (κ1) is 23.3. The van der Waals surface area contributed by atoms with E-state index in [0.29, 0.717) is 23.7 Å². The summed E-state index contributed by atoms with van der Waals surface area (Å²) in [6.45, 7) is 8.06. The van der Waals surface area contributed by atoms with Gasteiger partial charge in [-0.15, -0.1) is 11.8 Å². The Labute approximate surface area is 183 Å². The highest BCUT2D eigenvalue weighted by Crippen LogP contribution is 2.22. The van der Waals surface area contributed by atoms with E-state index in [1.165, 1.54) is 0 Å². The van der Waals surface area contributed by atoms with Crippen molar-refractivity contribution >= 4 is 35.2 Å². The van der Waals surface area contributed by atoms with Crippen molar-refractivity contribution in [1.82, 2.24) is 10.2 Å². The van der Waals surface area contributed by atoms with E-state index in [2.05, 4.69) is 11.4 Å². The van der Waals surface area contributed by atoms with Crippen LogP contribution in [0.3, 0.4) is 0 Å². The molecule has 1 unspecified atom stereocenters. The predicted molar refractivity (Wildman–Crippen MR) is 121 cm³/mol. The van der Waals surface area contributed by atoms with E-state index in [1.54, 1.807) is 23.6 Å². The first-order valence-electron chi connectivity index (χ1n) is 9.80. The lowest BCUT2D eigenvalue weighted by Gasteiger charge is -2.29. The molecule has 6 heteroatoms. The zero-order valence-electron chi connectivity index (χ0n) is 17.4. The molecule has 2 aromatic carbocycles. The Morgan fingerprint density at radius 3 is 2.41 bits per heavy atom. The fourth-order valence-corrected chi connectivity index (χ4v) is 3.89. The summed E-state index contributed by atoms with van der Waals surface area (Å²) >= 11 is 7.53. The molecule has 0 radical (unpaired) electrons. The Bertz CT molecular complexity index is 824. The summed E-state index contributed by atoms with van der Waals surface area (Å²) in [6, 6.07) is 15.1. The average Bonchev–Trinajstić information content (AvgIpc) is 2.66. The second kappa shape index (κ2) is 11.3. The van der Waals surface area contributed by atoms with Crippen molar-refractivity contribution in [3.63, 3.8) is 0 Å². The standard InChI is InChI=1S/C23H29ClN2O2S/c1-16(2)25-23(28)18(4)26(15-19-7-5-6-17(3)14-19)22(27)12-13-29-21-10-8-20(24)9-11-21/h5-11,14,16,18H,12-13,15H2,1-4H3,(H,25,28). The van der Waals surface area contributed by atoms with Crippen LogP contribution in [0.15, 0.2) is 53.4 Å². The van der Waals surface area contributed by atoms with Crippen LogP contribution in [0.5, 0.6) is 0 Å². The predicted octanol–water partition coefficient (Wildman–Crippen LogP) is 5.07. The highest BCUT2D eigenvalue weighted by Gasteiger charge is 2.26. The van der Waals surface area contributed by atoms with Crippen LogP contribution in [0.4, 0.5) is 0 Å². The van der Waals surface area contributed by atoms with Crippen molar-refractivity contribution in [2.45, 2.75) is 57.6 Å². The van der Waals surface area contributed by atoms with Crippen molar-refractivity contribution in [2.24, 2.45) is 0 Å². The topological polar surface area (TPSA) is 49.4 Å². The van der Waals surface area contributed by atoms with Crippen LogP contribution in [-0.2, 0) is 16.1 Å². The minimum atomic E-state index is -0.536. The van der Waals surface area contributed by atoms with E-state index in [4.69, 9.17) is 11.6 Å². The number of hydrogen-bond acceptors (Lipinski definition) is 3. The maximum Gasteiger partial charge on any atom is 0.242 e. The summed E-state index contributed by atoms with van der Waals surface area (Å²) in [5.74, 6) is 0.481. The maximum atomic E-state index is 13.0. The average molecular weight is 433 g/mol. The van der Waals surface area contributed by atoms with Crippen LogP contribution in [0.1, 0.15) is 38.3 Å². The van der Waals surface area contributed by atoms with Gasteiger partial charge in [-0.1, -0.05) is 41.4 Å². The number of hydrogen-bond donors (Lipinski definition) is 1. The molecular weight excluding hydrogens is 404 g/mol. The molecule has 0 aliphatic heterocycles. The minimum absolute atomic E-state index is 0.0284. The number of amides is 2. The monoisotopic (exact) mass is 432 g/mol. The normalized spacial score (nSPS) is 11.9. The van der Waals surface area contributed by atoms with Crippen molar-refractivity contribution in [3.05, 3.63) is 64.7 Å². The van der Waals surface area contributed by atoms with Gasteiger partial charge in [0.2, 0.25) is 11.8 Å². The summed E-state index contributed by atoms with van der Waals surface area (Å²) in [4.78, 5) is 28.3. The number of aryl methyl sites for hydroxylation is 1. The zero-order valence-corrected chi connectivity index (χ0v) is 19.0. The third-order valence-electron chi connectivity index (χ3n) is 4.43. The summed E-state index contributed by atoms with van der Waals surface area (Å²) in [6.07, 6.45) is 0.360. The number of nitrogens with zero attached hydrogens (tertiary/aromatic N) is 1. The first-order chi connectivity index (χ1) is 13.8. The van der Waals surface area contributed by atoms with Gasteiger partial charge in [0.1, 0.15) is 6.04 Å². The minimum Gasteiger partial charge on any atom is -0.352 e. The van der Waals surface area contributed by atoms with Crippen molar-refractivity contribution in [2.75, 3.05) is 5.75 Å². The lowest BCUT2D eigenvalue weighted by molar-refractivity contribution is -0.140. The largest absolute Gasteiger partial charge is 0.352 e. The summed E-state index contributed by atoms with van der Waals surface area (Å²) in [5.41, 5.74) is 2.15. The Balaban J connectivity index is 2.06. The van der Waals surface area contributed by atoms with Gasteiger partial charge in [-0.05, 0) is 57.5 Å². The molecular formula is C23H29ClN2O2S. The third-order valence-corrected chi connectivity index (χ3v) is 5.70. The van der Waals surface area contributed by atoms with Crippen LogP contribution < -0.4 is 5.32 Å². The van der Waals surface area contributed by atoms with Gasteiger partial charge in [0.15, 0.2) is 0 Å². The molecule has 0 aliphatic carbocycles. The Morgan fingerprint density at radius 2 is 1.79 bits per heavy atom. The molecule has 2 rings (SSSR count). The van der Waals surface area contributed by atoms with E-state index >= 15 is 0 Å².